The fourth-order valence-electron chi connectivity index (χ4n) is 2.24. The van der Waals surface area contributed by atoms with Crippen molar-refractivity contribution in [1.82, 2.24) is 0 Å². The molecule has 1 atom stereocenters. The van der Waals surface area contributed by atoms with E-state index in [0.29, 0.717) is 17.8 Å². The largest absolute Gasteiger partial charge is 0.495 e. The zero-order chi connectivity index (χ0) is 18.7. The quantitative estimate of drug-likeness (QED) is 0.571. The van der Waals surface area contributed by atoms with Crippen LogP contribution in [0.5, 0.6) is 5.75 Å². The average molecular weight is 380 g/mol. The Kier molecular flexibility index (Phi) is 5.70. The van der Waals surface area contributed by atoms with Crippen LogP contribution in [0.4, 0.5) is 11.4 Å². The highest BCUT2D eigenvalue weighted by molar-refractivity contribution is 7.92. The van der Waals surface area contributed by atoms with Crippen LogP contribution in [0.2, 0.25) is 0 Å². The predicted octanol–water partition coefficient (Wildman–Crippen LogP) is 3.17. The fourth-order valence-corrected chi connectivity index (χ4v) is 3.62. The van der Waals surface area contributed by atoms with E-state index in [2.05, 4.69) is 19.3 Å². The van der Waals surface area contributed by atoms with Crippen LogP contribution in [0.15, 0.2) is 47.4 Å². The number of carbonyl (C=O) groups excluding carboxylic acids is 1. The number of benzene rings is 2. The van der Waals surface area contributed by atoms with Crippen LogP contribution < -0.4 is 14.8 Å². The van der Waals surface area contributed by atoms with Gasteiger partial charge in [-0.05, 0) is 29.8 Å². The number of hydrogen-bond donors (Lipinski definition) is 2. The van der Waals surface area contributed by atoms with Gasteiger partial charge < -0.3 is 10.1 Å². The summed E-state index contributed by atoms with van der Waals surface area (Å²) >= 11 is 0. The molecular formula is C17H21N2O4PS. The second kappa shape index (κ2) is 7.42. The van der Waals surface area contributed by atoms with Gasteiger partial charge in [0.2, 0.25) is 6.41 Å². The second-order valence-electron chi connectivity index (χ2n) is 6.04. The summed E-state index contributed by atoms with van der Waals surface area (Å²) < 4.78 is 33.2. The molecular weight excluding hydrogens is 359 g/mol. The van der Waals surface area contributed by atoms with E-state index in [1.165, 1.54) is 25.3 Å². The standard InChI is InChI=1S/C17H21N2O4PS/c1-17(2,24)12-5-4-6-14(9-12)19-25(21,22)16-8-7-13(18-11-20)10-15(16)23-3/h4-11,19H,24H2,1-3H3,(H,18,20). The van der Waals surface area contributed by atoms with Gasteiger partial charge in [0.1, 0.15) is 10.6 Å². The van der Waals surface area contributed by atoms with Gasteiger partial charge >= 0.3 is 0 Å². The van der Waals surface area contributed by atoms with E-state index in [0.717, 1.165) is 5.56 Å². The number of carbonyl (C=O) groups is 1. The molecule has 6 nitrogen and oxygen atoms in total. The molecule has 8 heteroatoms. The van der Waals surface area contributed by atoms with E-state index < -0.39 is 10.0 Å². The van der Waals surface area contributed by atoms with Crippen LogP contribution >= 0.6 is 9.24 Å². The summed E-state index contributed by atoms with van der Waals surface area (Å²) in [7, 11) is 0.248. The van der Waals surface area contributed by atoms with E-state index in [4.69, 9.17) is 4.74 Å². The minimum atomic E-state index is -3.85. The van der Waals surface area contributed by atoms with E-state index in [1.54, 1.807) is 18.2 Å². The molecule has 0 heterocycles. The van der Waals surface area contributed by atoms with Crippen molar-refractivity contribution in [2.75, 3.05) is 17.1 Å². The Morgan fingerprint density at radius 2 is 1.84 bits per heavy atom. The Morgan fingerprint density at radius 3 is 2.44 bits per heavy atom. The van der Waals surface area contributed by atoms with E-state index >= 15 is 0 Å². The van der Waals surface area contributed by atoms with Crippen molar-refractivity contribution >= 4 is 37.0 Å². The molecule has 25 heavy (non-hydrogen) atoms. The van der Waals surface area contributed by atoms with Gasteiger partial charge in [-0.1, -0.05) is 26.0 Å². The van der Waals surface area contributed by atoms with Crippen LogP contribution in [0.3, 0.4) is 0 Å². The summed E-state index contributed by atoms with van der Waals surface area (Å²) in [6, 6.07) is 11.5. The molecule has 0 radical (unpaired) electrons. The monoisotopic (exact) mass is 380 g/mol. The van der Waals surface area contributed by atoms with Crippen LogP contribution in [0.25, 0.3) is 0 Å². The van der Waals surface area contributed by atoms with Crippen LogP contribution in [0, 0.1) is 0 Å². The van der Waals surface area contributed by atoms with Gasteiger partial charge in [0.05, 0.1) is 7.11 Å². The molecule has 0 saturated heterocycles. The Balaban J connectivity index is 2.38. The van der Waals surface area contributed by atoms with Crippen molar-refractivity contribution in [3.63, 3.8) is 0 Å². The molecule has 134 valence electrons. The van der Waals surface area contributed by atoms with Crippen LogP contribution in [0.1, 0.15) is 19.4 Å². The summed E-state index contributed by atoms with van der Waals surface area (Å²) in [5.41, 5.74) is 1.89. The third-order valence-electron chi connectivity index (χ3n) is 3.54. The molecule has 0 aromatic heterocycles. The molecule has 0 spiro atoms. The molecule has 2 aromatic rings. The van der Waals surface area contributed by atoms with E-state index in [9.17, 15) is 13.2 Å². The second-order valence-corrected chi connectivity index (χ2v) is 9.13. The summed E-state index contributed by atoms with van der Waals surface area (Å²) in [6.07, 6.45) is 0.511. The normalized spacial score (nSPS) is 11.7. The number of rotatable bonds is 7. The number of nitrogens with one attached hydrogen (secondary N) is 2. The Labute approximate surface area is 150 Å². The Hall–Kier alpha value is -2.11. The topological polar surface area (TPSA) is 84.5 Å². The van der Waals surface area contributed by atoms with Crippen molar-refractivity contribution in [1.29, 1.82) is 0 Å². The molecule has 0 saturated carbocycles. The van der Waals surface area contributed by atoms with Crippen molar-refractivity contribution in [2.24, 2.45) is 0 Å². The molecule has 1 unspecified atom stereocenters. The highest BCUT2D eigenvalue weighted by atomic mass is 32.2. The molecule has 0 fully saturated rings. The third-order valence-corrected chi connectivity index (χ3v) is 5.29. The van der Waals surface area contributed by atoms with Crippen LogP contribution in [-0.4, -0.2) is 21.9 Å². The first-order chi connectivity index (χ1) is 11.7. The van der Waals surface area contributed by atoms with Gasteiger partial charge in [-0.25, -0.2) is 8.42 Å². The highest BCUT2D eigenvalue weighted by Gasteiger charge is 2.21. The van der Waals surface area contributed by atoms with Gasteiger partial charge in [0.25, 0.3) is 10.0 Å². The summed E-state index contributed by atoms with van der Waals surface area (Å²) in [5.74, 6) is 0.141. The number of methoxy groups -OCH3 is 1. The van der Waals surface area contributed by atoms with E-state index in [-0.39, 0.29) is 15.8 Å². The lowest BCUT2D eigenvalue weighted by atomic mass is 10.0. The minimum absolute atomic E-state index is 0.0121. The smallest absolute Gasteiger partial charge is 0.265 e. The first-order valence-corrected chi connectivity index (χ1v) is 9.54. The summed E-state index contributed by atoms with van der Waals surface area (Å²) in [6.45, 7) is 4.04. The lowest BCUT2D eigenvalue weighted by Gasteiger charge is -2.20. The number of ether oxygens (including phenoxy) is 1. The summed E-state index contributed by atoms with van der Waals surface area (Å²) in [4.78, 5) is 10.5. The highest BCUT2D eigenvalue weighted by Crippen LogP contribution is 2.33. The van der Waals surface area contributed by atoms with Crippen molar-refractivity contribution in [2.45, 2.75) is 23.9 Å². The van der Waals surface area contributed by atoms with Gasteiger partial charge in [0, 0.05) is 22.6 Å². The maximum Gasteiger partial charge on any atom is 0.265 e. The Bertz CT molecular complexity index is 876. The maximum atomic E-state index is 12.7. The molecule has 0 aliphatic heterocycles. The van der Waals surface area contributed by atoms with Gasteiger partial charge in [-0.3, -0.25) is 9.52 Å². The van der Waals surface area contributed by atoms with Gasteiger partial charge in [-0.15, -0.1) is 9.24 Å². The molecule has 1 amide bonds. The molecule has 0 aliphatic rings. The molecule has 2 rings (SSSR count). The molecule has 0 bridgehead atoms. The number of anilines is 2. The minimum Gasteiger partial charge on any atom is -0.495 e. The lowest BCUT2D eigenvalue weighted by Crippen LogP contribution is -2.15. The third kappa shape index (κ3) is 4.71. The predicted molar refractivity (Wildman–Crippen MR) is 103 cm³/mol. The van der Waals surface area contributed by atoms with Crippen molar-refractivity contribution in [3.8, 4) is 5.75 Å². The zero-order valence-corrected chi connectivity index (χ0v) is 16.2. The Morgan fingerprint density at radius 1 is 1.12 bits per heavy atom. The number of sulfonamides is 1. The maximum absolute atomic E-state index is 12.7. The van der Waals surface area contributed by atoms with Gasteiger partial charge in [0.15, 0.2) is 0 Å². The number of amides is 1. The van der Waals surface area contributed by atoms with Crippen LogP contribution in [-0.2, 0) is 20.0 Å². The first kappa shape index (κ1) is 19.2. The summed E-state index contributed by atoms with van der Waals surface area (Å²) in [5, 5.41) is 2.28. The SMILES string of the molecule is COc1cc(NC=O)ccc1S(=O)(=O)Nc1cccc(C(C)(C)P)c1. The average Bonchev–Trinajstić information content (AvgIpc) is 2.54. The number of hydrogen-bond acceptors (Lipinski definition) is 4. The molecule has 0 aliphatic carbocycles. The lowest BCUT2D eigenvalue weighted by molar-refractivity contribution is -0.105. The van der Waals surface area contributed by atoms with Gasteiger partial charge in [-0.2, -0.15) is 0 Å². The fraction of sp³-hybridized carbons (Fsp3) is 0.235. The first-order valence-electron chi connectivity index (χ1n) is 7.48. The zero-order valence-electron chi connectivity index (χ0n) is 14.2. The van der Waals surface area contributed by atoms with Crippen molar-refractivity contribution < 1.29 is 17.9 Å². The molecule has 2 N–H and O–H groups in total. The molecule has 2 aromatic carbocycles. The van der Waals surface area contributed by atoms with E-state index in [1.807, 2.05) is 19.9 Å². The van der Waals surface area contributed by atoms with Crippen molar-refractivity contribution in [3.05, 3.63) is 48.0 Å².